The second kappa shape index (κ2) is 9.57. The van der Waals surface area contributed by atoms with Crippen molar-refractivity contribution in [1.82, 2.24) is 15.1 Å². The highest BCUT2D eigenvalue weighted by atomic mass is 35.5. The minimum absolute atomic E-state index is 0.00841. The zero-order valence-electron chi connectivity index (χ0n) is 18.8. The maximum Gasteiger partial charge on any atom is 0.254 e. The molecule has 0 fully saturated rings. The third-order valence-electron chi connectivity index (χ3n) is 6.06. The molecule has 1 amide bonds. The van der Waals surface area contributed by atoms with Gasteiger partial charge in [-0.05, 0) is 41.5 Å². The lowest BCUT2D eigenvalue weighted by Crippen LogP contribution is -2.36. The lowest BCUT2D eigenvalue weighted by atomic mass is 9.97. The van der Waals surface area contributed by atoms with Crippen LogP contribution in [0.15, 0.2) is 78.9 Å². The Kier molecular flexibility index (Phi) is 6.19. The number of benzene rings is 3. The van der Waals surface area contributed by atoms with E-state index in [9.17, 15) is 4.79 Å². The topological polar surface area (TPSA) is 58.2 Å². The Morgan fingerprint density at radius 2 is 1.85 bits per heavy atom. The predicted octanol–water partition coefficient (Wildman–Crippen LogP) is 5.86. The summed E-state index contributed by atoms with van der Waals surface area (Å²) in [5, 5.41) is 8.36. The summed E-state index contributed by atoms with van der Waals surface area (Å²) in [7, 11) is 1.64. The third kappa shape index (κ3) is 4.47. The number of aromatic amines is 1. The predicted molar refractivity (Wildman–Crippen MR) is 135 cm³/mol. The highest BCUT2D eigenvalue weighted by molar-refractivity contribution is 6.30. The Labute approximate surface area is 203 Å². The summed E-state index contributed by atoms with van der Waals surface area (Å²) >= 11 is 6.21. The van der Waals surface area contributed by atoms with Crippen molar-refractivity contribution in [3.05, 3.63) is 106 Å². The van der Waals surface area contributed by atoms with Crippen LogP contribution in [0.4, 0.5) is 0 Å². The summed E-state index contributed by atoms with van der Waals surface area (Å²) < 4.78 is 5.27. The average molecular weight is 470 g/mol. The smallest absolute Gasteiger partial charge is 0.254 e. The van der Waals surface area contributed by atoms with Crippen molar-refractivity contribution in [2.24, 2.45) is 0 Å². The van der Waals surface area contributed by atoms with E-state index in [2.05, 4.69) is 10.2 Å². The molecule has 0 saturated heterocycles. The van der Waals surface area contributed by atoms with Crippen molar-refractivity contribution in [2.75, 3.05) is 13.7 Å². The first-order chi connectivity index (χ1) is 16.6. The van der Waals surface area contributed by atoms with E-state index in [0.29, 0.717) is 23.7 Å². The number of hydrogen-bond acceptors (Lipinski definition) is 3. The van der Waals surface area contributed by atoms with Crippen molar-refractivity contribution >= 4 is 29.2 Å². The van der Waals surface area contributed by atoms with Crippen LogP contribution in [0.1, 0.15) is 22.4 Å². The Bertz CT molecular complexity index is 1340. The minimum Gasteiger partial charge on any atom is -0.497 e. The Balaban J connectivity index is 1.48. The molecule has 170 valence electrons. The largest absolute Gasteiger partial charge is 0.497 e. The average Bonchev–Trinajstić information content (AvgIpc) is 3.31. The molecule has 1 aliphatic rings. The monoisotopic (exact) mass is 469 g/mol. The van der Waals surface area contributed by atoms with E-state index in [4.69, 9.17) is 16.3 Å². The quantitative estimate of drug-likeness (QED) is 0.294. The van der Waals surface area contributed by atoms with Crippen LogP contribution >= 0.6 is 11.6 Å². The zero-order chi connectivity index (χ0) is 23.5. The number of methoxy groups -OCH3 is 1. The van der Waals surface area contributed by atoms with Gasteiger partial charge in [-0.3, -0.25) is 9.89 Å². The molecule has 0 spiro atoms. The van der Waals surface area contributed by atoms with Gasteiger partial charge < -0.3 is 9.64 Å². The third-order valence-corrected chi connectivity index (χ3v) is 6.30. The van der Waals surface area contributed by atoms with Crippen LogP contribution in [0.5, 0.6) is 5.75 Å². The molecular weight excluding hydrogens is 446 g/mol. The lowest BCUT2D eigenvalue weighted by Gasteiger charge is -2.28. The van der Waals surface area contributed by atoms with Crippen molar-refractivity contribution in [3.63, 3.8) is 0 Å². The van der Waals surface area contributed by atoms with E-state index in [1.165, 1.54) is 0 Å². The first-order valence-corrected chi connectivity index (χ1v) is 11.5. The molecule has 5 nitrogen and oxygen atoms in total. The van der Waals surface area contributed by atoms with Gasteiger partial charge in [0.2, 0.25) is 0 Å². The number of amides is 1. The standard InChI is InChI=1S/C28H24ClN3O2/c1-34-23-12-10-19(11-13-23)16-24(20-6-3-2-4-7-20)28(33)32-15-14-26-25(18-32)27(31-30-26)21-8-5-9-22(29)17-21/h2-13,16-17H,14-15,18H2,1H3,(H,30,31)/b24-16+. The molecule has 4 aromatic rings. The Morgan fingerprint density at radius 1 is 1.06 bits per heavy atom. The van der Waals surface area contributed by atoms with E-state index >= 15 is 0 Å². The molecule has 3 aromatic carbocycles. The molecule has 2 heterocycles. The van der Waals surface area contributed by atoms with E-state index in [0.717, 1.165) is 45.8 Å². The van der Waals surface area contributed by atoms with E-state index in [1.54, 1.807) is 7.11 Å². The summed E-state index contributed by atoms with van der Waals surface area (Å²) in [5.41, 5.74) is 6.37. The van der Waals surface area contributed by atoms with Gasteiger partial charge in [0.15, 0.2) is 0 Å². The number of nitrogens with zero attached hydrogens (tertiary/aromatic N) is 2. The van der Waals surface area contributed by atoms with Crippen LogP contribution in [-0.4, -0.2) is 34.7 Å². The maximum atomic E-state index is 13.8. The van der Waals surface area contributed by atoms with Gasteiger partial charge in [0.1, 0.15) is 5.75 Å². The van der Waals surface area contributed by atoms with Crippen molar-refractivity contribution < 1.29 is 9.53 Å². The molecule has 34 heavy (non-hydrogen) atoms. The SMILES string of the molecule is COc1ccc(/C=C(/C(=O)N2CCc3[nH]nc(-c4cccc(Cl)c4)c3C2)c2ccccc2)cc1. The number of nitrogens with one attached hydrogen (secondary N) is 1. The van der Waals surface area contributed by atoms with Crippen molar-refractivity contribution in [2.45, 2.75) is 13.0 Å². The van der Waals surface area contributed by atoms with Gasteiger partial charge in [0, 0.05) is 46.9 Å². The fraction of sp³-hybridized carbons (Fsp3) is 0.143. The summed E-state index contributed by atoms with van der Waals surface area (Å²) in [6.07, 6.45) is 2.67. The van der Waals surface area contributed by atoms with Crippen LogP contribution in [0.25, 0.3) is 22.9 Å². The van der Waals surface area contributed by atoms with Gasteiger partial charge in [-0.25, -0.2) is 0 Å². The summed E-state index contributed by atoms with van der Waals surface area (Å²) in [6.45, 7) is 1.11. The molecule has 5 rings (SSSR count). The highest BCUT2D eigenvalue weighted by Gasteiger charge is 2.28. The zero-order valence-corrected chi connectivity index (χ0v) is 19.5. The molecule has 0 bridgehead atoms. The number of carbonyl (C=O) groups is 1. The number of fused-ring (bicyclic) bond motifs is 1. The van der Waals surface area contributed by atoms with Gasteiger partial charge in [-0.1, -0.05) is 66.2 Å². The van der Waals surface area contributed by atoms with Crippen LogP contribution in [0.3, 0.4) is 0 Å². The fourth-order valence-electron chi connectivity index (χ4n) is 4.27. The molecule has 0 aliphatic carbocycles. The van der Waals surface area contributed by atoms with Gasteiger partial charge in [-0.2, -0.15) is 5.10 Å². The molecule has 0 atom stereocenters. The molecule has 0 unspecified atom stereocenters. The van der Waals surface area contributed by atoms with Gasteiger partial charge in [-0.15, -0.1) is 0 Å². The molecular formula is C28H24ClN3O2. The Hall–Kier alpha value is -3.83. The van der Waals surface area contributed by atoms with Crippen LogP contribution in [0, 0.1) is 0 Å². The lowest BCUT2D eigenvalue weighted by molar-refractivity contribution is -0.125. The molecule has 0 saturated carbocycles. The number of carbonyl (C=O) groups excluding carboxylic acids is 1. The number of aromatic nitrogens is 2. The van der Waals surface area contributed by atoms with Gasteiger partial charge in [0.05, 0.1) is 12.8 Å². The first kappa shape index (κ1) is 22.0. The van der Waals surface area contributed by atoms with Crippen molar-refractivity contribution in [3.8, 4) is 17.0 Å². The number of H-pyrrole nitrogens is 1. The number of halogens is 1. The van der Waals surface area contributed by atoms with Crippen molar-refractivity contribution in [1.29, 1.82) is 0 Å². The fourth-order valence-corrected chi connectivity index (χ4v) is 4.46. The van der Waals surface area contributed by atoms with Gasteiger partial charge >= 0.3 is 0 Å². The molecule has 1 aromatic heterocycles. The summed E-state index contributed by atoms with van der Waals surface area (Å²) in [4.78, 5) is 15.7. The number of ether oxygens (including phenoxy) is 1. The maximum absolute atomic E-state index is 13.8. The van der Waals surface area contributed by atoms with E-state index < -0.39 is 0 Å². The highest BCUT2D eigenvalue weighted by Crippen LogP contribution is 2.31. The molecule has 0 radical (unpaired) electrons. The molecule has 1 aliphatic heterocycles. The number of hydrogen-bond donors (Lipinski definition) is 1. The first-order valence-electron chi connectivity index (χ1n) is 11.1. The van der Waals surface area contributed by atoms with Crippen LogP contribution in [0.2, 0.25) is 5.02 Å². The van der Waals surface area contributed by atoms with Gasteiger partial charge in [0.25, 0.3) is 5.91 Å². The second-order valence-electron chi connectivity index (χ2n) is 8.21. The normalized spacial score (nSPS) is 13.5. The minimum atomic E-state index is -0.00841. The summed E-state index contributed by atoms with van der Waals surface area (Å²) in [5.74, 6) is 0.771. The van der Waals surface area contributed by atoms with E-state index in [-0.39, 0.29) is 5.91 Å². The van der Waals surface area contributed by atoms with Crippen LogP contribution < -0.4 is 4.74 Å². The van der Waals surface area contributed by atoms with E-state index in [1.807, 2.05) is 89.8 Å². The summed E-state index contributed by atoms with van der Waals surface area (Å²) in [6, 6.07) is 25.1. The second-order valence-corrected chi connectivity index (χ2v) is 8.65. The Morgan fingerprint density at radius 3 is 2.59 bits per heavy atom. The van der Waals surface area contributed by atoms with Crippen LogP contribution in [-0.2, 0) is 17.8 Å². The molecule has 1 N–H and O–H groups in total. The molecule has 6 heteroatoms. The number of rotatable bonds is 5.